The number of amides is 1. The molecule has 126 valence electrons. The average molecular weight is 324 g/mol. The van der Waals surface area contributed by atoms with Crippen molar-refractivity contribution in [3.8, 4) is 0 Å². The molecule has 0 saturated carbocycles. The monoisotopic (exact) mass is 324 g/mol. The molecule has 3 rings (SSSR count). The largest absolute Gasteiger partial charge is 0.356 e. The molecule has 1 aliphatic heterocycles. The zero-order valence-electron chi connectivity index (χ0n) is 14.3. The van der Waals surface area contributed by atoms with E-state index < -0.39 is 0 Å². The van der Waals surface area contributed by atoms with Crippen LogP contribution in [0.1, 0.15) is 48.8 Å². The first-order valence-corrected chi connectivity index (χ1v) is 8.56. The Morgan fingerprint density at radius 3 is 2.83 bits per heavy atom. The van der Waals surface area contributed by atoms with Crippen LogP contribution in [-0.4, -0.2) is 29.0 Å². The first-order valence-electron chi connectivity index (χ1n) is 8.56. The third-order valence-corrected chi connectivity index (χ3v) is 4.51. The van der Waals surface area contributed by atoms with Gasteiger partial charge in [0.2, 0.25) is 0 Å². The van der Waals surface area contributed by atoms with E-state index in [-0.39, 0.29) is 11.9 Å². The van der Waals surface area contributed by atoms with E-state index in [9.17, 15) is 4.79 Å². The summed E-state index contributed by atoms with van der Waals surface area (Å²) in [5.74, 6) is 1.33. The van der Waals surface area contributed by atoms with E-state index in [0.717, 1.165) is 30.9 Å². The summed E-state index contributed by atoms with van der Waals surface area (Å²) in [7, 11) is 0. The van der Waals surface area contributed by atoms with Gasteiger partial charge in [-0.2, -0.15) is 0 Å². The number of nitrogens with zero attached hydrogens (tertiary/aromatic N) is 3. The van der Waals surface area contributed by atoms with Gasteiger partial charge >= 0.3 is 0 Å². The number of benzene rings is 1. The Kier molecular flexibility index (Phi) is 5.08. The van der Waals surface area contributed by atoms with Gasteiger partial charge in [0.1, 0.15) is 17.8 Å². The first-order chi connectivity index (χ1) is 11.6. The Hall–Kier alpha value is -2.43. The second-order valence-corrected chi connectivity index (χ2v) is 6.56. The van der Waals surface area contributed by atoms with Crippen LogP contribution in [0.2, 0.25) is 0 Å². The summed E-state index contributed by atoms with van der Waals surface area (Å²) < 4.78 is 0. The van der Waals surface area contributed by atoms with Gasteiger partial charge in [0.05, 0.1) is 6.04 Å². The molecule has 5 heteroatoms. The highest BCUT2D eigenvalue weighted by molar-refractivity contribution is 5.93. The maximum absolute atomic E-state index is 12.5. The van der Waals surface area contributed by atoms with Crippen molar-refractivity contribution in [3.05, 3.63) is 54.0 Å². The Morgan fingerprint density at radius 1 is 1.29 bits per heavy atom. The van der Waals surface area contributed by atoms with E-state index in [1.807, 2.05) is 37.3 Å². The van der Waals surface area contributed by atoms with Gasteiger partial charge in [0, 0.05) is 19.2 Å². The van der Waals surface area contributed by atoms with E-state index in [4.69, 9.17) is 0 Å². The predicted octanol–water partition coefficient (Wildman–Crippen LogP) is 3.20. The van der Waals surface area contributed by atoms with Crippen LogP contribution in [0, 0.1) is 5.92 Å². The molecular formula is C19H24N4O. The smallest absolute Gasteiger partial charge is 0.270 e. The quantitative estimate of drug-likeness (QED) is 0.938. The molecule has 5 nitrogen and oxygen atoms in total. The maximum Gasteiger partial charge on any atom is 0.270 e. The van der Waals surface area contributed by atoms with Gasteiger partial charge in [-0.05, 0) is 31.2 Å². The van der Waals surface area contributed by atoms with Crippen molar-refractivity contribution in [3.63, 3.8) is 0 Å². The number of carbonyl (C=O) groups excluding carboxylic acids is 1. The van der Waals surface area contributed by atoms with E-state index in [1.54, 1.807) is 6.07 Å². The van der Waals surface area contributed by atoms with Crippen LogP contribution in [0.25, 0.3) is 0 Å². The summed E-state index contributed by atoms with van der Waals surface area (Å²) in [6.45, 7) is 6.20. The van der Waals surface area contributed by atoms with Gasteiger partial charge in [-0.15, -0.1) is 0 Å². The maximum atomic E-state index is 12.5. The van der Waals surface area contributed by atoms with Crippen molar-refractivity contribution in [1.29, 1.82) is 0 Å². The van der Waals surface area contributed by atoms with Crippen molar-refractivity contribution in [2.45, 2.75) is 32.7 Å². The summed E-state index contributed by atoms with van der Waals surface area (Å²) in [5, 5.41) is 3.00. The van der Waals surface area contributed by atoms with Gasteiger partial charge < -0.3 is 10.2 Å². The van der Waals surface area contributed by atoms with Crippen LogP contribution in [0.3, 0.4) is 0 Å². The molecule has 1 amide bonds. The van der Waals surface area contributed by atoms with Crippen LogP contribution in [0.4, 0.5) is 5.82 Å². The molecule has 1 saturated heterocycles. The minimum Gasteiger partial charge on any atom is -0.356 e. The lowest BCUT2D eigenvalue weighted by Crippen LogP contribution is -2.35. The van der Waals surface area contributed by atoms with Crippen LogP contribution in [-0.2, 0) is 0 Å². The number of rotatable bonds is 4. The molecule has 1 fully saturated rings. The summed E-state index contributed by atoms with van der Waals surface area (Å²) in [4.78, 5) is 23.3. The first kappa shape index (κ1) is 16.4. The van der Waals surface area contributed by atoms with Crippen molar-refractivity contribution < 1.29 is 4.79 Å². The standard InChI is InChI=1S/C19H24N4O/c1-14-7-6-10-23(12-14)18-11-17(20-13-21-18)19(24)22-15(2)16-8-4-3-5-9-16/h3-5,8-9,11,13-15H,6-7,10,12H2,1-2H3,(H,22,24). The van der Waals surface area contributed by atoms with Crippen molar-refractivity contribution in [2.24, 2.45) is 5.92 Å². The highest BCUT2D eigenvalue weighted by Gasteiger charge is 2.19. The summed E-state index contributed by atoms with van der Waals surface area (Å²) in [6.07, 6.45) is 3.90. The molecule has 1 aromatic carbocycles. The van der Waals surface area contributed by atoms with Crippen LogP contribution in [0.15, 0.2) is 42.7 Å². The fraction of sp³-hybridized carbons (Fsp3) is 0.421. The molecule has 2 unspecified atom stereocenters. The molecule has 2 aromatic rings. The molecule has 1 aromatic heterocycles. The summed E-state index contributed by atoms with van der Waals surface area (Å²) >= 11 is 0. The van der Waals surface area contributed by atoms with Crippen LogP contribution < -0.4 is 10.2 Å². The molecule has 1 N–H and O–H groups in total. The SMILES string of the molecule is CC1CCCN(c2cc(C(=O)NC(C)c3ccccc3)ncn2)C1. The molecule has 24 heavy (non-hydrogen) atoms. The van der Waals surface area contributed by atoms with E-state index in [0.29, 0.717) is 11.6 Å². The van der Waals surface area contributed by atoms with Crippen molar-refractivity contribution in [1.82, 2.24) is 15.3 Å². The fourth-order valence-electron chi connectivity index (χ4n) is 3.14. The highest BCUT2D eigenvalue weighted by atomic mass is 16.1. The Labute approximate surface area is 143 Å². The number of hydrogen-bond donors (Lipinski definition) is 1. The Morgan fingerprint density at radius 2 is 2.08 bits per heavy atom. The van der Waals surface area contributed by atoms with Gasteiger partial charge in [-0.25, -0.2) is 9.97 Å². The number of hydrogen-bond acceptors (Lipinski definition) is 4. The molecular weight excluding hydrogens is 300 g/mol. The number of piperidine rings is 1. The molecule has 2 heterocycles. The van der Waals surface area contributed by atoms with Crippen LogP contribution >= 0.6 is 0 Å². The molecule has 0 spiro atoms. The molecule has 0 radical (unpaired) electrons. The lowest BCUT2D eigenvalue weighted by molar-refractivity contribution is 0.0934. The Balaban J connectivity index is 1.70. The zero-order valence-corrected chi connectivity index (χ0v) is 14.3. The number of anilines is 1. The molecule has 0 bridgehead atoms. The van der Waals surface area contributed by atoms with Crippen LogP contribution in [0.5, 0.6) is 0 Å². The zero-order chi connectivity index (χ0) is 16.9. The fourth-order valence-corrected chi connectivity index (χ4v) is 3.14. The number of nitrogens with one attached hydrogen (secondary N) is 1. The van der Waals surface area contributed by atoms with Gasteiger partial charge in [-0.1, -0.05) is 37.3 Å². The van der Waals surface area contributed by atoms with Gasteiger partial charge in [0.15, 0.2) is 0 Å². The average Bonchev–Trinajstić information content (AvgIpc) is 2.62. The summed E-state index contributed by atoms with van der Waals surface area (Å²) in [5.41, 5.74) is 1.49. The lowest BCUT2D eigenvalue weighted by Gasteiger charge is -2.31. The third kappa shape index (κ3) is 3.91. The number of aromatic nitrogens is 2. The van der Waals surface area contributed by atoms with E-state index in [2.05, 4.69) is 27.1 Å². The topological polar surface area (TPSA) is 58.1 Å². The molecule has 2 atom stereocenters. The Bertz CT molecular complexity index is 689. The molecule has 1 aliphatic rings. The molecule has 0 aliphatic carbocycles. The lowest BCUT2D eigenvalue weighted by atomic mass is 10.0. The van der Waals surface area contributed by atoms with Gasteiger partial charge in [-0.3, -0.25) is 4.79 Å². The minimum absolute atomic E-state index is 0.0628. The second kappa shape index (κ2) is 7.43. The normalized spacial score (nSPS) is 18.9. The van der Waals surface area contributed by atoms with Gasteiger partial charge in [0.25, 0.3) is 5.91 Å². The number of carbonyl (C=O) groups is 1. The van der Waals surface area contributed by atoms with E-state index >= 15 is 0 Å². The third-order valence-electron chi connectivity index (χ3n) is 4.51. The van der Waals surface area contributed by atoms with Crippen molar-refractivity contribution >= 4 is 11.7 Å². The van der Waals surface area contributed by atoms with Crippen molar-refractivity contribution in [2.75, 3.05) is 18.0 Å². The predicted molar refractivity (Wildman–Crippen MR) is 95.0 cm³/mol. The highest BCUT2D eigenvalue weighted by Crippen LogP contribution is 2.21. The van der Waals surface area contributed by atoms with E-state index in [1.165, 1.54) is 12.7 Å². The minimum atomic E-state index is -0.167. The summed E-state index contributed by atoms with van der Waals surface area (Å²) in [6, 6.07) is 11.7. The second-order valence-electron chi connectivity index (χ2n) is 6.56.